The number of imidazole rings is 1. The fraction of sp³-hybridized carbons (Fsp3) is 0.222. The molecule has 0 N–H and O–H groups in total. The van der Waals surface area contributed by atoms with Gasteiger partial charge in [0, 0.05) is 18.7 Å². The Morgan fingerprint density at radius 2 is 1.96 bits per heavy atom. The van der Waals surface area contributed by atoms with Gasteiger partial charge in [-0.15, -0.1) is 0 Å². The smallest absolute Gasteiger partial charge is 0.254 e. The van der Waals surface area contributed by atoms with Crippen LogP contribution in [-0.2, 0) is 0 Å². The lowest BCUT2D eigenvalue weighted by Crippen LogP contribution is -2.29. The van der Waals surface area contributed by atoms with Crippen LogP contribution in [0.4, 0.5) is 0 Å². The van der Waals surface area contributed by atoms with Gasteiger partial charge in [0.1, 0.15) is 11.0 Å². The molecule has 7 heteroatoms. The SMILES string of the molecule is O=C(c1ccc2nsnc2c1)N1CC[C@@H](n2cnc3ccccc32)C1. The Kier molecular flexibility index (Phi) is 3.27. The lowest BCUT2D eigenvalue weighted by Gasteiger charge is -2.17. The van der Waals surface area contributed by atoms with E-state index in [0.29, 0.717) is 12.1 Å². The molecule has 1 aliphatic rings. The Hall–Kier alpha value is -2.80. The predicted octanol–water partition coefficient (Wildman–Crippen LogP) is 3.13. The molecule has 6 nitrogen and oxygen atoms in total. The van der Waals surface area contributed by atoms with Crippen molar-refractivity contribution in [3.05, 3.63) is 54.4 Å². The molecule has 25 heavy (non-hydrogen) atoms. The largest absolute Gasteiger partial charge is 0.336 e. The Balaban J connectivity index is 1.40. The highest BCUT2D eigenvalue weighted by atomic mass is 32.1. The van der Waals surface area contributed by atoms with E-state index < -0.39 is 0 Å². The van der Waals surface area contributed by atoms with E-state index in [0.717, 1.165) is 35.0 Å². The molecule has 0 saturated carbocycles. The number of amides is 1. The summed E-state index contributed by atoms with van der Waals surface area (Å²) in [6, 6.07) is 13.9. The van der Waals surface area contributed by atoms with E-state index in [1.165, 1.54) is 11.7 Å². The number of aromatic nitrogens is 4. The minimum Gasteiger partial charge on any atom is -0.336 e. The summed E-state index contributed by atoms with van der Waals surface area (Å²) in [5.74, 6) is 0.0572. The molecule has 1 saturated heterocycles. The molecule has 1 amide bonds. The van der Waals surface area contributed by atoms with Crippen molar-refractivity contribution >= 4 is 39.7 Å². The molecule has 0 bridgehead atoms. The summed E-state index contributed by atoms with van der Waals surface area (Å²) in [7, 11) is 0. The molecule has 1 fully saturated rings. The van der Waals surface area contributed by atoms with E-state index in [9.17, 15) is 4.79 Å². The third-order valence-electron chi connectivity index (χ3n) is 4.83. The fourth-order valence-electron chi connectivity index (χ4n) is 3.52. The Morgan fingerprint density at radius 1 is 1.08 bits per heavy atom. The van der Waals surface area contributed by atoms with Crippen LogP contribution in [0.2, 0.25) is 0 Å². The minimum atomic E-state index is 0.0572. The average Bonchev–Trinajstić information content (AvgIpc) is 3.38. The summed E-state index contributed by atoms with van der Waals surface area (Å²) in [5, 5.41) is 0. The van der Waals surface area contributed by atoms with Gasteiger partial charge in [-0.25, -0.2) is 4.98 Å². The molecule has 0 aliphatic carbocycles. The molecular formula is C18H15N5OS. The highest BCUT2D eigenvalue weighted by Gasteiger charge is 2.29. The van der Waals surface area contributed by atoms with Gasteiger partial charge in [-0.05, 0) is 36.8 Å². The minimum absolute atomic E-state index is 0.0572. The third-order valence-corrected chi connectivity index (χ3v) is 5.38. The topological polar surface area (TPSA) is 63.9 Å². The van der Waals surface area contributed by atoms with E-state index >= 15 is 0 Å². The van der Waals surface area contributed by atoms with Crippen LogP contribution in [0.5, 0.6) is 0 Å². The van der Waals surface area contributed by atoms with Crippen molar-refractivity contribution in [2.24, 2.45) is 0 Å². The van der Waals surface area contributed by atoms with Crippen LogP contribution in [0.3, 0.4) is 0 Å². The molecule has 0 radical (unpaired) electrons. The molecule has 2 aromatic heterocycles. The average molecular weight is 349 g/mol. The molecule has 5 rings (SSSR count). The van der Waals surface area contributed by atoms with E-state index in [1.54, 1.807) is 0 Å². The van der Waals surface area contributed by atoms with Crippen LogP contribution < -0.4 is 0 Å². The van der Waals surface area contributed by atoms with Gasteiger partial charge in [-0.3, -0.25) is 4.79 Å². The molecule has 1 atom stereocenters. The third kappa shape index (κ3) is 2.39. The van der Waals surface area contributed by atoms with E-state index in [-0.39, 0.29) is 11.9 Å². The second-order valence-electron chi connectivity index (χ2n) is 6.30. The Bertz CT molecular complexity index is 1090. The van der Waals surface area contributed by atoms with Crippen LogP contribution in [0.15, 0.2) is 48.8 Å². The molecule has 124 valence electrons. The van der Waals surface area contributed by atoms with Gasteiger partial charge in [-0.1, -0.05) is 12.1 Å². The molecule has 0 unspecified atom stereocenters. The number of carbonyl (C=O) groups excluding carboxylic acids is 1. The monoisotopic (exact) mass is 349 g/mol. The van der Waals surface area contributed by atoms with Crippen molar-refractivity contribution < 1.29 is 4.79 Å². The van der Waals surface area contributed by atoms with Crippen molar-refractivity contribution in [2.75, 3.05) is 13.1 Å². The second kappa shape index (κ2) is 5.63. The zero-order valence-electron chi connectivity index (χ0n) is 13.4. The number of benzene rings is 2. The number of para-hydroxylation sites is 2. The lowest BCUT2D eigenvalue weighted by molar-refractivity contribution is 0.0788. The highest BCUT2D eigenvalue weighted by Crippen LogP contribution is 2.27. The number of nitrogens with zero attached hydrogens (tertiary/aromatic N) is 5. The van der Waals surface area contributed by atoms with Gasteiger partial charge in [0.2, 0.25) is 0 Å². The summed E-state index contributed by atoms with van der Waals surface area (Å²) in [6.07, 6.45) is 2.82. The predicted molar refractivity (Wildman–Crippen MR) is 96.7 cm³/mol. The molecule has 1 aliphatic heterocycles. The van der Waals surface area contributed by atoms with Gasteiger partial charge in [-0.2, -0.15) is 8.75 Å². The van der Waals surface area contributed by atoms with Gasteiger partial charge in [0.25, 0.3) is 5.91 Å². The van der Waals surface area contributed by atoms with Crippen LogP contribution in [0.1, 0.15) is 22.8 Å². The first-order chi connectivity index (χ1) is 12.3. The van der Waals surface area contributed by atoms with E-state index in [1.807, 2.05) is 47.6 Å². The van der Waals surface area contributed by atoms with Crippen molar-refractivity contribution in [2.45, 2.75) is 12.5 Å². The lowest BCUT2D eigenvalue weighted by atomic mass is 10.2. The van der Waals surface area contributed by atoms with Gasteiger partial charge < -0.3 is 9.47 Å². The van der Waals surface area contributed by atoms with Crippen LogP contribution in [0.25, 0.3) is 22.1 Å². The first-order valence-corrected chi connectivity index (χ1v) is 8.96. The van der Waals surface area contributed by atoms with Gasteiger partial charge in [0.05, 0.1) is 35.1 Å². The maximum absolute atomic E-state index is 12.8. The molecule has 2 aromatic carbocycles. The molecule has 4 aromatic rings. The van der Waals surface area contributed by atoms with E-state index in [2.05, 4.69) is 24.4 Å². The first kappa shape index (κ1) is 14.5. The maximum Gasteiger partial charge on any atom is 0.254 e. The second-order valence-corrected chi connectivity index (χ2v) is 6.83. The summed E-state index contributed by atoms with van der Waals surface area (Å²) in [4.78, 5) is 19.2. The molecule has 3 heterocycles. The van der Waals surface area contributed by atoms with Crippen molar-refractivity contribution in [1.29, 1.82) is 0 Å². The quantitative estimate of drug-likeness (QED) is 0.558. The first-order valence-electron chi connectivity index (χ1n) is 8.23. The van der Waals surface area contributed by atoms with Crippen molar-refractivity contribution in [3.8, 4) is 0 Å². The number of carbonyl (C=O) groups is 1. The zero-order valence-corrected chi connectivity index (χ0v) is 14.2. The number of likely N-dealkylation sites (tertiary alicyclic amines) is 1. The molecular weight excluding hydrogens is 334 g/mol. The van der Waals surface area contributed by atoms with Gasteiger partial charge in [0.15, 0.2) is 0 Å². The number of hydrogen-bond acceptors (Lipinski definition) is 5. The van der Waals surface area contributed by atoms with E-state index in [4.69, 9.17) is 0 Å². The maximum atomic E-state index is 12.8. The number of hydrogen-bond donors (Lipinski definition) is 0. The van der Waals surface area contributed by atoms with Gasteiger partial charge >= 0.3 is 0 Å². The fourth-order valence-corrected chi connectivity index (χ4v) is 4.04. The van der Waals surface area contributed by atoms with Crippen LogP contribution in [-0.4, -0.2) is 42.2 Å². The van der Waals surface area contributed by atoms with Crippen molar-refractivity contribution in [3.63, 3.8) is 0 Å². The summed E-state index contributed by atoms with van der Waals surface area (Å²) < 4.78 is 10.6. The standard InChI is InChI=1S/C18H15N5OS/c24-18(12-5-6-14-16(9-12)21-25-20-14)22-8-7-13(10-22)23-11-19-15-3-1-2-4-17(15)23/h1-6,9,11,13H,7-8,10H2/t13-/m1/s1. The Morgan fingerprint density at radius 3 is 2.92 bits per heavy atom. The van der Waals surface area contributed by atoms with Crippen molar-refractivity contribution in [1.82, 2.24) is 23.2 Å². The summed E-state index contributed by atoms with van der Waals surface area (Å²) in [5.41, 5.74) is 4.42. The van der Waals surface area contributed by atoms with Crippen LogP contribution >= 0.6 is 11.7 Å². The zero-order chi connectivity index (χ0) is 16.8. The Labute approximate surface area is 148 Å². The van der Waals surface area contributed by atoms with Crippen LogP contribution in [0, 0.1) is 0 Å². The normalized spacial score (nSPS) is 17.6. The number of rotatable bonds is 2. The molecule has 0 spiro atoms. The highest BCUT2D eigenvalue weighted by molar-refractivity contribution is 7.00. The summed E-state index contributed by atoms with van der Waals surface area (Å²) in [6.45, 7) is 1.45. The summed E-state index contributed by atoms with van der Waals surface area (Å²) >= 11 is 1.17. The number of fused-ring (bicyclic) bond motifs is 2.